The van der Waals surface area contributed by atoms with E-state index in [1.807, 2.05) is 59.5 Å². The van der Waals surface area contributed by atoms with E-state index in [1.165, 1.54) is 11.8 Å². The summed E-state index contributed by atoms with van der Waals surface area (Å²) in [6.07, 6.45) is 1.98. The number of aromatic nitrogens is 2. The molecular weight excluding hydrogens is 465 g/mol. The van der Waals surface area contributed by atoms with Crippen molar-refractivity contribution in [1.82, 2.24) is 15.1 Å². The largest absolute Gasteiger partial charge is 0.419 e. The van der Waals surface area contributed by atoms with Gasteiger partial charge in [-0.25, -0.2) is 0 Å². The van der Waals surface area contributed by atoms with Gasteiger partial charge < -0.3 is 9.32 Å². The minimum Gasteiger partial charge on any atom is -0.419 e. The third kappa shape index (κ3) is 4.49. The first-order valence-corrected chi connectivity index (χ1v) is 12.0. The highest BCUT2D eigenvalue weighted by atomic mass is 35.5. The Balaban J connectivity index is 1.30. The Morgan fingerprint density at radius 2 is 1.75 bits per heavy atom. The van der Waals surface area contributed by atoms with Crippen molar-refractivity contribution in [1.29, 1.82) is 0 Å². The van der Waals surface area contributed by atoms with Gasteiger partial charge in [0, 0.05) is 21.3 Å². The average molecular weight is 484 g/mol. The van der Waals surface area contributed by atoms with E-state index >= 15 is 0 Å². The summed E-state index contributed by atoms with van der Waals surface area (Å²) in [5.74, 6) is 1.11. The minimum atomic E-state index is 0.0408. The molecule has 0 bridgehead atoms. The highest BCUT2D eigenvalue weighted by molar-refractivity contribution is 8.00. The Hall–Kier alpha value is -2.54. The zero-order valence-electron chi connectivity index (χ0n) is 17.0. The van der Waals surface area contributed by atoms with Gasteiger partial charge in [0.1, 0.15) is 0 Å². The summed E-state index contributed by atoms with van der Waals surface area (Å²) >= 11 is 14.2. The first-order chi connectivity index (χ1) is 15.6. The van der Waals surface area contributed by atoms with Gasteiger partial charge in [-0.2, -0.15) is 0 Å². The van der Waals surface area contributed by atoms with Crippen molar-refractivity contribution >= 4 is 51.6 Å². The van der Waals surface area contributed by atoms with Gasteiger partial charge in [0.05, 0.1) is 22.9 Å². The smallest absolute Gasteiger partial charge is 0.249 e. The number of halogens is 2. The number of rotatable bonds is 7. The van der Waals surface area contributed by atoms with Crippen LogP contribution in [0, 0.1) is 0 Å². The fourth-order valence-electron chi connectivity index (χ4n) is 3.62. The zero-order chi connectivity index (χ0) is 22.1. The molecule has 5 rings (SSSR count). The first-order valence-electron chi connectivity index (χ1n) is 10.3. The number of hydrogen-bond acceptors (Lipinski definition) is 5. The van der Waals surface area contributed by atoms with Crippen LogP contribution < -0.4 is 0 Å². The molecule has 0 radical (unpaired) electrons. The number of fused-ring (bicyclic) bond motifs is 1. The van der Waals surface area contributed by atoms with Crippen LogP contribution in [0.5, 0.6) is 0 Å². The first kappa shape index (κ1) is 21.3. The second kappa shape index (κ2) is 9.14. The number of thioether (sulfide) groups is 1. The Morgan fingerprint density at radius 3 is 2.53 bits per heavy atom. The second-order valence-corrected chi connectivity index (χ2v) is 9.45. The van der Waals surface area contributed by atoms with E-state index in [9.17, 15) is 4.79 Å². The minimum absolute atomic E-state index is 0.0408. The lowest BCUT2D eigenvalue weighted by Gasteiger charge is -2.20. The molecule has 0 unspecified atom stereocenters. The van der Waals surface area contributed by atoms with Crippen molar-refractivity contribution in [2.45, 2.75) is 30.3 Å². The molecule has 1 heterocycles. The van der Waals surface area contributed by atoms with Crippen molar-refractivity contribution in [2.75, 3.05) is 5.75 Å². The van der Waals surface area contributed by atoms with Crippen LogP contribution in [0.15, 0.2) is 70.0 Å². The standard InChI is InChI=1S/C24H19Cl2N3O2S/c25-18-8-2-1-7-17(18)24-28-27-21(31-24)13-29(16-11-12-16)22(30)14-32-20-10-4-6-15-5-3-9-19(26)23(15)20/h1-10,16H,11-14H2. The molecule has 1 amide bonds. The third-order valence-corrected chi connectivity index (χ3v) is 7.04. The lowest BCUT2D eigenvalue weighted by Crippen LogP contribution is -2.34. The maximum atomic E-state index is 13.1. The fraction of sp³-hybridized carbons (Fsp3) is 0.208. The molecule has 3 aromatic carbocycles. The van der Waals surface area contributed by atoms with Crippen LogP contribution in [0.25, 0.3) is 22.2 Å². The van der Waals surface area contributed by atoms with Gasteiger partial charge in [0.2, 0.25) is 17.7 Å². The lowest BCUT2D eigenvalue weighted by molar-refractivity contribution is -0.129. The van der Waals surface area contributed by atoms with Crippen LogP contribution >= 0.6 is 35.0 Å². The number of hydrogen-bond donors (Lipinski definition) is 0. The number of amides is 1. The zero-order valence-corrected chi connectivity index (χ0v) is 19.3. The molecule has 0 atom stereocenters. The normalized spacial score (nSPS) is 13.4. The molecule has 1 aromatic heterocycles. The number of benzene rings is 3. The molecule has 5 nitrogen and oxygen atoms in total. The summed E-state index contributed by atoms with van der Waals surface area (Å²) in [4.78, 5) is 15.9. The van der Waals surface area contributed by atoms with Crippen molar-refractivity contribution < 1.29 is 9.21 Å². The summed E-state index contributed by atoms with van der Waals surface area (Å²) in [6, 6.07) is 19.4. The Labute approximate surface area is 199 Å². The molecule has 1 aliphatic carbocycles. The average Bonchev–Trinajstić information content (AvgIpc) is 3.54. The van der Waals surface area contributed by atoms with E-state index in [0.717, 1.165) is 28.5 Å². The predicted octanol–water partition coefficient (Wildman–Crippen LogP) is 6.48. The van der Waals surface area contributed by atoms with E-state index in [1.54, 1.807) is 6.07 Å². The predicted molar refractivity (Wildman–Crippen MR) is 128 cm³/mol. The van der Waals surface area contributed by atoms with Gasteiger partial charge in [-0.15, -0.1) is 22.0 Å². The summed E-state index contributed by atoms with van der Waals surface area (Å²) in [7, 11) is 0. The van der Waals surface area contributed by atoms with Crippen LogP contribution in [-0.2, 0) is 11.3 Å². The maximum Gasteiger partial charge on any atom is 0.249 e. The molecule has 162 valence electrons. The molecule has 32 heavy (non-hydrogen) atoms. The number of carbonyl (C=O) groups is 1. The summed E-state index contributed by atoms with van der Waals surface area (Å²) in [5, 5.41) is 11.5. The Bertz CT molecular complexity index is 1280. The molecule has 0 saturated heterocycles. The quantitative estimate of drug-likeness (QED) is 0.281. The molecule has 8 heteroatoms. The highest BCUT2D eigenvalue weighted by Crippen LogP contribution is 2.35. The van der Waals surface area contributed by atoms with Gasteiger partial charge in [-0.05, 0) is 42.5 Å². The molecule has 0 spiro atoms. The molecule has 1 fully saturated rings. The summed E-state index contributed by atoms with van der Waals surface area (Å²) in [5.41, 5.74) is 0.681. The van der Waals surface area contributed by atoms with Crippen LogP contribution in [-0.4, -0.2) is 32.8 Å². The van der Waals surface area contributed by atoms with Gasteiger partial charge in [0.15, 0.2) is 0 Å². The van der Waals surface area contributed by atoms with Crippen molar-refractivity contribution in [2.24, 2.45) is 0 Å². The highest BCUT2D eigenvalue weighted by Gasteiger charge is 2.33. The SMILES string of the molecule is O=C(CSc1cccc2cccc(Cl)c12)N(Cc1nnc(-c2ccccc2Cl)o1)C1CC1. The molecule has 1 saturated carbocycles. The Morgan fingerprint density at radius 1 is 1.00 bits per heavy atom. The van der Waals surface area contributed by atoms with Crippen LogP contribution in [0.3, 0.4) is 0 Å². The monoisotopic (exact) mass is 483 g/mol. The van der Waals surface area contributed by atoms with Crippen LogP contribution in [0.2, 0.25) is 10.0 Å². The van der Waals surface area contributed by atoms with E-state index in [0.29, 0.717) is 33.1 Å². The molecule has 0 aliphatic heterocycles. The van der Waals surface area contributed by atoms with E-state index in [2.05, 4.69) is 10.2 Å². The van der Waals surface area contributed by atoms with E-state index in [-0.39, 0.29) is 18.5 Å². The van der Waals surface area contributed by atoms with Gasteiger partial charge >= 0.3 is 0 Å². The third-order valence-electron chi connectivity index (χ3n) is 5.35. The molecule has 4 aromatic rings. The molecule has 1 aliphatic rings. The lowest BCUT2D eigenvalue weighted by atomic mass is 10.1. The summed E-state index contributed by atoms with van der Waals surface area (Å²) in [6.45, 7) is 0.289. The number of nitrogens with zero attached hydrogens (tertiary/aromatic N) is 3. The fourth-order valence-corrected chi connectivity index (χ4v) is 5.17. The molecular formula is C24H19Cl2N3O2S. The maximum absolute atomic E-state index is 13.1. The van der Waals surface area contributed by atoms with Gasteiger partial charge in [0.25, 0.3) is 0 Å². The van der Waals surface area contributed by atoms with Crippen LogP contribution in [0.1, 0.15) is 18.7 Å². The van der Waals surface area contributed by atoms with E-state index in [4.69, 9.17) is 27.6 Å². The summed E-state index contributed by atoms with van der Waals surface area (Å²) < 4.78 is 5.82. The van der Waals surface area contributed by atoms with Crippen molar-refractivity contribution in [3.8, 4) is 11.5 Å². The van der Waals surface area contributed by atoms with Crippen molar-refractivity contribution in [3.05, 3.63) is 76.6 Å². The second-order valence-electron chi connectivity index (χ2n) is 7.62. The van der Waals surface area contributed by atoms with Gasteiger partial charge in [-0.3, -0.25) is 4.79 Å². The molecule has 0 N–H and O–H groups in total. The van der Waals surface area contributed by atoms with Gasteiger partial charge in [-0.1, -0.05) is 59.6 Å². The van der Waals surface area contributed by atoms with Crippen molar-refractivity contribution in [3.63, 3.8) is 0 Å². The van der Waals surface area contributed by atoms with Crippen LogP contribution in [0.4, 0.5) is 0 Å². The van der Waals surface area contributed by atoms with E-state index < -0.39 is 0 Å². The topological polar surface area (TPSA) is 59.2 Å². The number of carbonyl (C=O) groups excluding carboxylic acids is 1. The Kier molecular flexibility index (Phi) is 6.09.